The summed E-state index contributed by atoms with van der Waals surface area (Å²) in [7, 11) is 3.73. The second-order valence-electron chi connectivity index (χ2n) is 6.46. The number of fused-ring (bicyclic) bond motifs is 1. The lowest BCUT2D eigenvalue weighted by Gasteiger charge is -2.27. The molecule has 0 aromatic heterocycles. The van der Waals surface area contributed by atoms with Gasteiger partial charge in [0.05, 0.1) is 25.7 Å². The summed E-state index contributed by atoms with van der Waals surface area (Å²) < 4.78 is 11.3. The van der Waals surface area contributed by atoms with Crippen LogP contribution in [0.4, 0.5) is 5.69 Å². The highest BCUT2D eigenvalue weighted by Crippen LogP contribution is 2.42. The van der Waals surface area contributed by atoms with Crippen LogP contribution >= 0.6 is 0 Å². The standard InChI is InChI=1S/C21H26N2O2/c1-5-23(3)14-22-20-13-21-19(11-15(20)2)18(9-10-25-21)16-7-6-8-17(12-16)24-4/h6-8,11-14,18H,5,9-10H2,1-4H3/b22-14+. The molecule has 2 aromatic rings. The molecule has 1 aliphatic heterocycles. The molecule has 1 aliphatic rings. The lowest BCUT2D eigenvalue weighted by atomic mass is 9.85. The predicted octanol–water partition coefficient (Wildman–Crippen LogP) is 4.53. The maximum Gasteiger partial charge on any atom is 0.125 e. The number of ether oxygens (including phenoxy) is 2. The third kappa shape index (κ3) is 3.78. The average molecular weight is 338 g/mol. The van der Waals surface area contributed by atoms with Crippen LogP contribution in [0.5, 0.6) is 11.5 Å². The normalized spacial score (nSPS) is 16.4. The number of rotatable bonds is 5. The molecule has 25 heavy (non-hydrogen) atoms. The Labute approximate surface area is 150 Å². The van der Waals surface area contributed by atoms with Crippen LogP contribution in [0.15, 0.2) is 41.4 Å². The monoisotopic (exact) mass is 338 g/mol. The van der Waals surface area contributed by atoms with E-state index in [0.29, 0.717) is 5.92 Å². The van der Waals surface area contributed by atoms with Crippen LogP contribution in [0.25, 0.3) is 0 Å². The van der Waals surface area contributed by atoms with E-state index < -0.39 is 0 Å². The van der Waals surface area contributed by atoms with Crippen molar-refractivity contribution in [2.75, 3.05) is 27.3 Å². The zero-order chi connectivity index (χ0) is 17.8. The number of nitrogens with zero attached hydrogens (tertiary/aromatic N) is 2. The number of aliphatic imine (C=N–C) groups is 1. The maximum absolute atomic E-state index is 5.94. The smallest absolute Gasteiger partial charge is 0.125 e. The van der Waals surface area contributed by atoms with E-state index in [1.54, 1.807) is 7.11 Å². The van der Waals surface area contributed by atoms with E-state index in [1.165, 1.54) is 11.1 Å². The molecule has 132 valence electrons. The van der Waals surface area contributed by atoms with E-state index in [1.807, 2.05) is 19.5 Å². The van der Waals surface area contributed by atoms with Crippen LogP contribution in [0.3, 0.4) is 0 Å². The Bertz CT molecular complexity index is 770. The third-order valence-electron chi connectivity index (χ3n) is 4.76. The molecule has 0 amide bonds. The van der Waals surface area contributed by atoms with Crippen LogP contribution in [0.1, 0.15) is 36.0 Å². The zero-order valence-electron chi connectivity index (χ0n) is 15.5. The lowest BCUT2D eigenvalue weighted by molar-refractivity contribution is 0.277. The van der Waals surface area contributed by atoms with E-state index in [9.17, 15) is 0 Å². The minimum absolute atomic E-state index is 0.328. The van der Waals surface area contributed by atoms with Crippen LogP contribution in [-0.4, -0.2) is 38.5 Å². The molecule has 3 rings (SSSR count). The van der Waals surface area contributed by atoms with Gasteiger partial charge in [0.15, 0.2) is 0 Å². The lowest BCUT2D eigenvalue weighted by Crippen LogP contribution is -2.16. The second kappa shape index (κ2) is 7.60. The average Bonchev–Trinajstić information content (AvgIpc) is 2.65. The number of methoxy groups -OCH3 is 1. The van der Waals surface area contributed by atoms with Crippen molar-refractivity contribution in [1.82, 2.24) is 4.90 Å². The molecule has 0 radical (unpaired) electrons. The molecule has 2 aromatic carbocycles. The van der Waals surface area contributed by atoms with Gasteiger partial charge >= 0.3 is 0 Å². The first-order valence-corrected chi connectivity index (χ1v) is 8.78. The fraction of sp³-hybridized carbons (Fsp3) is 0.381. The van der Waals surface area contributed by atoms with Crippen molar-refractivity contribution in [3.8, 4) is 11.5 Å². The highest BCUT2D eigenvalue weighted by molar-refractivity contribution is 5.65. The van der Waals surface area contributed by atoms with E-state index >= 15 is 0 Å². The Hall–Kier alpha value is -2.49. The van der Waals surface area contributed by atoms with Gasteiger partial charge in [0.1, 0.15) is 11.5 Å². The summed E-state index contributed by atoms with van der Waals surface area (Å²) in [5, 5.41) is 0. The summed E-state index contributed by atoms with van der Waals surface area (Å²) in [5.74, 6) is 2.16. The van der Waals surface area contributed by atoms with Crippen molar-refractivity contribution in [2.45, 2.75) is 26.2 Å². The summed E-state index contributed by atoms with van der Waals surface area (Å²) in [6.07, 6.45) is 2.85. The summed E-state index contributed by atoms with van der Waals surface area (Å²) >= 11 is 0. The van der Waals surface area contributed by atoms with Crippen LogP contribution in [-0.2, 0) is 0 Å². The minimum Gasteiger partial charge on any atom is -0.497 e. The molecular formula is C21H26N2O2. The molecule has 0 N–H and O–H groups in total. The fourth-order valence-corrected chi connectivity index (χ4v) is 3.13. The van der Waals surface area contributed by atoms with Gasteiger partial charge in [0, 0.05) is 31.1 Å². The van der Waals surface area contributed by atoms with Gasteiger partial charge in [-0.3, -0.25) is 0 Å². The Morgan fingerprint density at radius 1 is 1.32 bits per heavy atom. The molecule has 0 fully saturated rings. The Morgan fingerprint density at radius 2 is 2.16 bits per heavy atom. The second-order valence-corrected chi connectivity index (χ2v) is 6.46. The highest BCUT2D eigenvalue weighted by Gasteiger charge is 2.24. The van der Waals surface area contributed by atoms with E-state index in [-0.39, 0.29) is 0 Å². The first-order valence-electron chi connectivity index (χ1n) is 8.78. The van der Waals surface area contributed by atoms with Gasteiger partial charge < -0.3 is 14.4 Å². The Morgan fingerprint density at radius 3 is 2.92 bits per heavy atom. The van der Waals surface area contributed by atoms with E-state index in [0.717, 1.165) is 42.3 Å². The first-order chi connectivity index (χ1) is 12.1. The van der Waals surface area contributed by atoms with Gasteiger partial charge in [0.25, 0.3) is 0 Å². The number of aryl methyl sites for hydroxylation is 1. The van der Waals surface area contributed by atoms with Gasteiger partial charge in [-0.2, -0.15) is 0 Å². The van der Waals surface area contributed by atoms with Crippen molar-refractivity contribution in [2.24, 2.45) is 4.99 Å². The minimum atomic E-state index is 0.328. The summed E-state index contributed by atoms with van der Waals surface area (Å²) in [6.45, 7) is 5.86. The predicted molar refractivity (Wildman–Crippen MR) is 103 cm³/mol. The molecular weight excluding hydrogens is 312 g/mol. The molecule has 1 unspecified atom stereocenters. The van der Waals surface area contributed by atoms with Gasteiger partial charge in [-0.15, -0.1) is 0 Å². The van der Waals surface area contributed by atoms with E-state index in [2.05, 4.69) is 54.1 Å². The molecule has 4 nitrogen and oxygen atoms in total. The van der Waals surface area contributed by atoms with Gasteiger partial charge in [0.2, 0.25) is 0 Å². The Balaban J connectivity index is 1.96. The fourth-order valence-electron chi connectivity index (χ4n) is 3.13. The SMILES string of the molecule is CCN(C)/C=N/c1cc2c(cc1C)C(c1cccc(OC)c1)CCO2. The topological polar surface area (TPSA) is 34.1 Å². The number of hydrogen-bond acceptors (Lipinski definition) is 3. The van der Waals surface area contributed by atoms with Crippen molar-refractivity contribution < 1.29 is 9.47 Å². The van der Waals surface area contributed by atoms with Gasteiger partial charge in [-0.05, 0) is 49.6 Å². The zero-order valence-corrected chi connectivity index (χ0v) is 15.5. The van der Waals surface area contributed by atoms with Crippen molar-refractivity contribution in [3.05, 3.63) is 53.1 Å². The molecule has 1 atom stereocenters. The molecule has 0 aliphatic carbocycles. The van der Waals surface area contributed by atoms with Gasteiger partial charge in [-0.1, -0.05) is 12.1 Å². The summed E-state index contributed by atoms with van der Waals surface area (Å²) in [6, 6.07) is 12.6. The Kier molecular flexibility index (Phi) is 5.27. The molecule has 0 spiro atoms. The summed E-state index contributed by atoms with van der Waals surface area (Å²) in [5.41, 5.74) is 4.63. The highest BCUT2D eigenvalue weighted by atomic mass is 16.5. The first kappa shape index (κ1) is 17.3. The van der Waals surface area contributed by atoms with Crippen LogP contribution < -0.4 is 9.47 Å². The molecule has 0 saturated heterocycles. The number of benzene rings is 2. The van der Waals surface area contributed by atoms with E-state index in [4.69, 9.17) is 9.47 Å². The molecule has 4 heteroatoms. The summed E-state index contributed by atoms with van der Waals surface area (Å²) in [4.78, 5) is 6.67. The van der Waals surface area contributed by atoms with Crippen LogP contribution in [0.2, 0.25) is 0 Å². The number of hydrogen-bond donors (Lipinski definition) is 0. The third-order valence-corrected chi connectivity index (χ3v) is 4.76. The van der Waals surface area contributed by atoms with Gasteiger partial charge in [-0.25, -0.2) is 4.99 Å². The van der Waals surface area contributed by atoms with Crippen molar-refractivity contribution >= 4 is 12.0 Å². The van der Waals surface area contributed by atoms with Crippen LogP contribution in [0, 0.1) is 6.92 Å². The maximum atomic E-state index is 5.94. The largest absolute Gasteiger partial charge is 0.497 e. The quantitative estimate of drug-likeness (QED) is 0.593. The van der Waals surface area contributed by atoms with Crippen molar-refractivity contribution in [1.29, 1.82) is 0 Å². The van der Waals surface area contributed by atoms with Crippen molar-refractivity contribution in [3.63, 3.8) is 0 Å². The molecule has 0 saturated carbocycles. The molecule has 0 bridgehead atoms. The molecule has 1 heterocycles.